The molecule has 90 valence electrons. The molecule has 0 saturated carbocycles. The highest BCUT2D eigenvalue weighted by molar-refractivity contribution is 5.32. The first kappa shape index (κ1) is 13.2. The second kappa shape index (κ2) is 4.98. The first-order valence-corrected chi connectivity index (χ1v) is 5.78. The van der Waals surface area contributed by atoms with Gasteiger partial charge in [0.05, 0.1) is 6.10 Å². The van der Waals surface area contributed by atoms with E-state index in [1.807, 2.05) is 13.1 Å². The molecule has 0 spiro atoms. The Bertz CT molecular complexity index is 358. The quantitative estimate of drug-likeness (QED) is 0.819. The van der Waals surface area contributed by atoms with Gasteiger partial charge in [-0.2, -0.15) is 0 Å². The van der Waals surface area contributed by atoms with Crippen LogP contribution in [0, 0.1) is 19.3 Å². The van der Waals surface area contributed by atoms with E-state index in [0.29, 0.717) is 0 Å². The number of benzene rings is 1. The van der Waals surface area contributed by atoms with Gasteiger partial charge in [0.25, 0.3) is 0 Å². The van der Waals surface area contributed by atoms with Crippen LogP contribution in [-0.4, -0.2) is 18.7 Å². The average molecular weight is 221 g/mol. The molecule has 1 aromatic rings. The van der Waals surface area contributed by atoms with Gasteiger partial charge >= 0.3 is 0 Å². The van der Waals surface area contributed by atoms with Crippen LogP contribution >= 0.6 is 0 Å². The van der Waals surface area contributed by atoms with Crippen molar-refractivity contribution in [2.75, 3.05) is 13.6 Å². The van der Waals surface area contributed by atoms with E-state index in [0.717, 1.165) is 17.7 Å². The van der Waals surface area contributed by atoms with Crippen molar-refractivity contribution in [2.24, 2.45) is 5.41 Å². The minimum Gasteiger partial charge on any atom is -0.388 e. The van der Waals surface area contributed by atoms with E-state index in [-0.39, 0.29) is 5.41 Å². The van der Waals surface area contributed by atoms with Gasteiger partial charge in [-0.3, -0.25) is 0 Å². The highest BCUT2D eigenvalue weighted by Crippen LogP contribution is 2.34. The number of hydrogen-bond donors (Lipinski definition) is 2. The van der Waals surface area contributed by atoms with Gasteiger partial charge in [0.2, 0.25) is 0 Å². The lowest BCUT2D eigenvalue weighted by atomic mass is 9.81. The van der Waals surface area contributed by atoms with Gasteiger partial charge in [-0.15, -0.1) is 0 Å². The lowest BCUT2D eigenvalue weighted by Crippen LogP contribution is -2.33. The summed E-state index contributed by atoms with van der Waals surface area (Å²) in [5, 5.41) is 13.5. The molecule has 0 aromatic heterocycles. The van der Waals surface area contributed by atoms with Gasteiger partial charge in [-0.05, 0) is 32.0 Å². The summed E-state index contributed by atoms with van der Waals surface area (Å²) < 4.78 is 0. The Labute approximate surface area is 98.7 Å². The molecule has 1 rings (SSSR count). The topological polar surface area (TPSA) is 32.3 Å². The van der Waals surface area contributed by atoms with Crippen LogP contribution in [0.25, 0.3) is 0 Å². The number of aliphatic hydroxyl groups is 1. The number of aryl methyl sites for hydroxylation is 2. The molecule has 0 aliphatic rings. The maximum atomic E-state index is 10.4. The number of aliphatic hydroxyl groups excluding tert-OH is 1. The molecule has 2 nitrogen and oxygen atoms in total. The SMILES string of the molecule is CNCC(C)(C)C(O)c1ccc(C)cc1C. The second-order valence-corrected chi connectivity index (χ2v) is 5.28. The van der Waals surface area contributed by atoms with Crippen molar-refractivity contribution in [1.82, 2.24) is 5.32 Å². The van der Waals surface area contributed by atoms with Crippen LogP contribution in [0.3, 0.4) is 0 Å². The van der Waals surface area contributed by atoms with E-state index in [2.05, 4.69) is 45.1 Å². The first-order chi connectivity index (χ1) is 7.38. The molecule has 0 amide bonds. The van der Waals surface area contributed by atoms with Crippen LogP contribution in [0.1, 0.15) is 36.6 Å². The van der Waals surface area contributed by atoms with Crippen LogP contribution < -0.4 is 5.32 Å². The predicted octanol–water partition coefficient (Wildman–Crippen LogP) is 2.58. The molecule has 2 N–H and O–H groups in total. The number of hydrogen-bond acceptors (Lipinski definition) is 2. The summed E-state index contributed by atoms with van der Waals surface area (Å²) in [6, 6.07) is 6.21. The van der Waals surface area contributed by atoms with Crippen molar-refractivity contribution in [2.45, 2.75) is 33.8 Å². The van der Waals surface area contributed by atoms with Crippen LogP contribution in [0.5, 0.6) is 0 Å². The molecule has 0 saturated heterocycles. The van der Waals surface area contributed by atoms with Crippen molar-refractivity contribution in [3.8, 4) is 0 Å². The van der Waals surface area contributed by atoms with Gasteiger partial charge in [-0.25, -0.2) is 0 Å². The summed E-state index contributed by atoms with van der Waals surface area (Å²) in [6.45, 7) is 9.07. The highest BCUT2D eigenvalue weighted by atomic mass is 16.3. The van der Waals surface area contributed by atoms with E-state index < -0.39 is 6.10 Å². The number of rotatable bonds is 4. The Balaban J connectivity index is 3.00. The third-order valence-electron chi connectivity index (χ3n) is 3.09. The molecule has 0 aliphatic carbocycles. The fourth-order valence-corrected chi connectivity index (χ4v) is 2.11. The van der Waals surface area contributed by atoms with Crippen molar-refractivity contribution < 1.29 is 5.11 Å². The van der Waals surface area contributed by atoms with Crippen molar-refractivity contribution in [1.29, 1.82) is 0 Å². The molecular weight excluding hydrogens is 198 g/mol. The summed E-state index contributed by atoms with van der Waals surface area (Å²) in [5.41, 5.74) is 3.27. The van der Waals surface area contributed by atoms with Crippen molar-refractivity contribution in [3.05, 3.63) is 34.9 Å². The molecule has 0 bridgehead atoms. The van der Waals surface area contributed by atoms with E-state index in [1.165, 1.54) is 5.56 Å². The van der Waals surface area contributed by atoms with E-state index in [1.54, 1.807) is 0 Å². The third-order valence-corrected chi connectivity index (χ3v) is 3.09. The van der Waals surface area contributed by atoms with Crippen LogP contribution in [0.15, 0.2) is 18.2 Å². The molecule has 16 heavy (non-hydrogen) atoms. The molecule has 0 aliphatic heterocycles. The summed E-state index contributed by atoms with van der Waals surface area (Å²) >= 11 is 0. The molecule has 2 heteroatoms. The van der Waals surface area contributed by atoms with Crippen LogP contribution in [0.4, 0.5) is 0 Å². The maximum Gasteiger partial charge on any atom is 0.0855 e. The number of nitrogens with one attached hydrogen (secondary N) is 1. The summed E-state index contributed by atoms with van der Waals surface area (Å²) in [6.07, 6.45) is -0.430. The molecule has 1 atom stereocenters. The smallest absolute Gasteiger partial charge is 0.0855 e. The van der Waals surface area contributed by atoms with Gasteiger partial charge in [-0.1, -0.05) is 37.6 Å². The monoisotopic (exact) mass is 221 g/mol. The Morgan fingerprint density at radius 3 is 2.44 bits per heavy atom. The Kier molecular flexibility index (Phi) is 4.11. The largest absolute Gasteiger partial charge is 0.388 e. The normalized spacial score (nSPS) is 13.9. The summed E-state index contributed by atoms with van der Waals surface area (Å²) in [4.78, 5) is 0. The summed E-state index contributed by atoms with van der Waals surface area (Å²) in [5.74, 6) is 0. The van der Waals surface area contributed by atoms with Gasteiger partial charge in [0.15, 0.2) is 0 Å². The summed E-state index contributed by atoms with van der Waals surface area (Å²) in [7, 11) is 1.91. The van der Waals surface area contributed by atoms with Crippen molar-refractivity contribution in [3.63, 3.8) is 0 Å². The standard InChI is InChI=1S/C14H23NO/c1-10-6-7-12(11(2)8-10)13(16)14(3,4)9-15-5/h6-8,13,15-16H,9H2,1-5H3. The fourth-order valence-electron chi connectivity index (χ4n) is 2.11. The fraction of sp³-hybridized carbons (Fsp3) is 0.571. The molecule has 1 unspecified atom stereocenters. The minimum atomic E-state index is -0.430. The lowest BCUT2D eigenvalue weighted by Gasteiger charge is -2.31. The molecule has 1 aromatic carbocycles. The zero-order valence-electron chi connectivity index (χ0n) is 11.0. The van der Waals surface area contributed by atoms with Gasteiger partial charge < -0.3 is 10.4 Å². The van der Waals surface area contributed by atoms with Gasteiger partial charge in [0, 0.05) is 12.0 Å². The minimum absolute atomic E-state index is 0.158. The second-order valence-electron chi connectivity index (χ2n) is 5.28. The van der Waals surface area contributed by atoms with E-state index in [9.17, 15) is 5.11 Å². The first-order valence-electron chi connectivity index (χ1n) is 5.78. The molecule has 0 radical (unpaired) electrons. The molecular formula is C14H23NO. The lowest BCUT2D eigenvalue weighted by molar-refractivity contribution is 0.0501. The third kappa shape index (κ3) is 2.83. The zero-order valence-corrected chi connectivity index (χ0v) is 11.0. The molecule has 0 fully saturated rings. The van der Waals surface area contributed by atoms with Crippen LogP contribution in [-0.2, 0) is 0 Å². The van der Waals surface area contributed by atoms with Crippen LogP contribution in [0.2, 0.25) is 0 Å². The van der Waals surface area contributed by atoms with Crippen molar-refractivity contribution >= 4 is 0 Å². The van der Waals surface area contributed by atoms with E-state index in [4.69, 9.17) is 0 Å². The van der Waals surface area contributed by atoms with Gasteiger partial charge in [0.1, 0.15) is 0 Å². The Morgan fingerprint density at radius 1 is 1.31 bits per heavy atom. The highest BCUT2D eigenvalue weighted by Gasteiger charge is 2.29. The predicted molar refractivity (Wildman–Crippen MR) is 68.6 cm³/mol. The maximum absolute atomic E-state index is 10.4. The zero-order chi connectivity index (χ0) is 12.3. The average Bonchev–Trinajstić information content (AvgIpc) is 2.16. The Morgan fingerprint density at radius 2 is 1.94 bits per heavy atom. The Hall–Kier alpha value is -0.860. The van der Waals surface area contributed by atoms with E-state index >= 15 is 0 Å². The molecule has 0 heterocycles.